The number of hydrogen-bond acceptors (Lipinski definition) is 2. The summed E-state index contributed by atoms with van der Waals surface area (Å²) in [5.41, 5.74) is 4.21. The van der Waals surface area contributed by atoms with Crippen LogP contribution in [0.1, 0.15) is 23.7 Å². The number of ether oxygens (including phenoxy) is 1. The van der Waals surface area contributed by atoms with Crippen LogP contribution in [0.25, 0.3) is 17.0 Å². The Morgan fingerprint density at radius 1 is 1.17 bits per heavy atom. The third kappa shape index (κ3) is 3.66. The molecule has 1 heterocycles. The normalized spacial score (nSPS) is 11.6. The minimum atomic E-state index is -1.06. The minimum Gasteiger partial charge on any atom is -0.487 e. The van der Waals surface area contributed by atoms with E-state index in [-0.39, 0.29) is 5.76 Å². The molecule has 24 heavy (non-hydrogen) atoms. The van der Waals surface area contributed by atoms with Crippen molar-refractivity contribution in [2.45, 2.75) is 13.3 Å². The molecule has 0 spiro atoms. The second kappa shape index (κ2) is 7.04. The molecule has 0 amide bonds. The Kier molecular flexibility index (Phi) is 4.66. The van der Waals surface area contributed by atoms with E-state index in [4.69, 9.17) is 9.84 Å². The van der Waals surface area contributed by atoms with Crippen LogP contribution in [0, 0.1) is 0 Å². The minimum absolute atomic E-state index is 0.0445. The van der Waals surface area contributed by atoms with E-state index < -0.39 is 5.97 Å². The number of nitrogens with one attached hydrogen (secondary N) is 1. The van der Waals surface area contributed by atoms with Gasteiger partial charge in [-0.15, -0.1) is 0 Å². The molecule has 4 heteroatoms. The fourth-order valence-electron chi connectivity index (χ4n) is 2.68. The zero-order chi connectivity index (χ0) is 16.9. The van der Waals surface area contributed by atoms with Crippen LogP contribution in [-0.4, -0.2) is 22.7 Å². The maximum absolute atomic E-state index is 11.2. The molecule has 0 aliphatic carbocycles. The number of H-pyrrole nitrogens is 1. The Hall–Kier alpha value is -3.01. The number of aliphatic carboxylic acids is 1. The molecule has 0 aliphatic heterocycles. The maximum Gasteiger partial charge on any atom is 0.371 e. The second-order valence-electron chi connectivity index (χ2n) is 5.55. The van der Waals surface area contributed by atoms with Crippen LogP contribution in [0.15, 0.2) is 60.4 Å². The lowest BCUT2D eigenvalue weighted by atomic mass is 10.1. The SMILES string of the molecule is CCO/C(=C\c1ccc2[nH]c(Cc3ccccc3)cc2c1)C(=O)O. The summed E-state index contributed by atoms with van der Waals surface area (Å²) in [5.74, 6) is -1.10. The molecule has 3 rings (SSSR count). The molecule has 2 aromatic carbocycles. The van der Waals surface area contributed by atoms with Gasteiger partial charge in [-0.2, -0.15) is 0 Å². The van der Waals surface area contributed by atoms with Gasteiger partial charge in [0.05, 0.1) is 6.61 Å². The topological polar surface area (TPSA) is 62.3 Å². The number of rotatable bonds is 6. The van der Waals surface area contributed by atoms with E-state index in [0.29, 0.717) is 6.61 Å². The predicted molar refractivity (Wildman–Crippen MR) is 94.8 cm³/mol. The number of carboxylic acid groups (broad SMARTS) is 1. The van der Waals surface area contributed by atoms with Gasteiger partial charge >= 0.3 is 5.97 Å². The predicted octanol–water partition coefficient (Wildman–Crippen LogP) is 4.22. The highest BCUT2D eigenvalue weighted by molar-refractivity contribution is 5.91. The van der Waals surface area contributed by atoms with Gasteiger partial charge in [-0.05, 0) is 42.3 Å². The highest BCUT2D eigenvalue weighted by atomic mass is 16.5. The number of hydrogen-bond donors (Lipinski definition) is 2. The fourth-order valence-corrected chi connectivity index (χ4v) is 2.68. The van der Waals surface area contributed by atoms with E-state index in [1.54, 1.807) is 13.0 Å². The average Bonchev–Trinajstić information content (AvgIpc) is 2.96. The molecule has 0 bridgehead atoms. The Morgan fingerprint density at radius 2 is 1.96 bits per heavy atom. The van der Waals surface area contributed by atoms with E-state index in [9.17, 15) is 4.79 Å². The number of carbonyl (C=O) groups is 1. The lowest BCUT2D eigenvalue weighted by Crippen LogP contribution is -2.04. The number of benzene rings is 2. The lowest BCUT2D eigenvalue weighted by molar-refractivity contribution is -0.136. The van der Waals surface area contributed by atoms with Crippen molar-refractivity contribution in [3.63, 3.8) is 0 Å². The van der Waals surface area contributed by atoms with Crippen LogP contribution >= 0.6 is 0 Å². The van der Waals surface area contributed by atoms with Crippen LogP contribution < -0.4 is 0 Å². The highest BCUT2D eigenvalue weighted by Crippen LogP contribution is 2.21. The molecule has 1 aromatic heterocycles. The number of fused-ring (bicyclic) bond motifs is 1. The zero-order valence-electron chi connectivity index (χ0n) is 13.5. The third-order valence-electron chi connectivity index (χ3n) is 3.75. The molecule has 0 aliphatic rings. The number of aromatic amines is 1. The largest absolute Gasteiger partial charge is 0.487 e. The molecule has 2 N–H and O–H groups in total. The summed E-state index contributed by atoms with van der Waals surface area (Å²) in [6, 6.07) is 18.2. The summed E-state index contributed by atoms with van der Waals surface area (Å²) >= 11 is 0. The van der Waals surface area contributed by atoms with Crippen molar-refractivity contribution in [1.82, 2.24) is 4.98 Å². The van der Waals surface area contributed by atoms with E-state index in [1.807, 2.05) is 36.4 Å². The summed E-state index contributed by atoms with van der Waals surface area (Å²) in [7, 11) is 0. The molecular weight excluding hydrogens is 302 g/mol. The summed E-state index contributed by atoms with van der Waals surface area (Å²) in [4.78, 5) is 14.6. The van der Waals surface area contributed by atoms with Gasteiger partial charge in [0.2, 0.25) is 5.76 Å². The van der Waals surface area contributed by atoms with Gasteiger partial charge in [-0.3, -0.25) is 0 Å². The molecule has 3 aromatic rings. The van der Waals surface area contributed by atoms with Gasteiger partial charge in [-0.1, -0.05) is 36.4 Å². The van der Waals surface area contributed by atoms with Crippen LogP contribution in [0.3, 0.4) is 0 Å². The van der Waals surface area contributed by atoms with Gasteiger partial charge < -0.3 is 14.8 Å². The average molecular weight is 321 g/mol. The van der Waals surface area contributed by atoms with Gasteiger partial charge in [0.25, 0.3) is 0 Å². The zero-order valence-corrected chi connectivity index (χ0v) is 13.5. The second-order valence-corrected chi connectivity index (χ2v) is 5.55. The van der Waals surface area contributed by atoms with Crippen molar-refractivity contribution < 1.29 is 14.6 Å². The molecule has 0 atom stereocenters. The molecule has 0 fully saturated rings. The number of aromatic nitrogens is 1. The van der Waals surface area contributed by atoms with Crippen LogP contribution in [0.4, 0.5) is 0 Å². The van der Waals surface area contributed by atoms with E-state index in [2.05, 4.69) is 23.2 Å². The quantitative estimate of drug-likeness (QED) is 0.528. The Balaban J connectivity index is 1.88. The van der Waals surface area contributed by atoms with Crippen molar-refractivity contribution in [2.75, 3.05) is 6.61 Å². The maximum atomic E-state index is 11.2. The first-order chi connectivity index (χ1) is 11.7. The summed E-state index contributed by atoms with van der Waals surface area (Å²) < 4.78 is 5.16. The smallest absolute Gasteiger partial charge is 0.371 e. The summed E-state index contributed by atoms with van der Waals surface area (Å²) in [5, 5.41) is 10.2. The van der Waals surface area contributed by atoms with Gasteiger partial charge in [0, 0.05) is 23.0 Å². The van der Waals surface area contributed by atoms with Gasteiger partial charge in [-0.25, -0.2) is 4.79 Å². The van der Waals surface area contributed by atoms with Gasteiger partial charge in [0.1, 0.15) is 0 Å². The van der Waals surface area contributed by atoms with Crippen molar-refractivity contribution in [3.05, 3.63) is 77.2 Å². The first-order valence-electron chi connectivity index (χ1n) is 7.89. The standard InChI is InChI=1S/C20H19NO3/c1-2-24-19(20(22)23)12-15-8-9-18-16(10-15)13-17(21-18)11-14-6-4-3-5-7-14/h3-10,12-13,21H,2,11H2,1H3,(H,22,23)/b19-12-. The van der Waals surface area contributed by atoms with Crippen molar-refractivity contribution >= 4 is 22.9 Å². The molecule has 0 saturated heterocycles. The Morgan fingerprint density at radius 3 is 2.67 bits per heavy atom. The molecule has 122 valence electrons. The number of carboxylic acids is 1. The molecule has 0 radical (unpaired) electrons. The van der Waals surface area contributed by atoms with Crippen molar-refractivity contribution in [1.29, 1.82) is 0 Å². The van der Waals surface area contributed by atoms with E-state index in [0.717, 1.165) is 28.6 Å². The molecular formula is C20H19NO3. The van der Waals surface area contributed by atoms with E-state index in [1.165, 1.54) is 5.56 Å². The van der Waals surface area contributed by atoms with Crippen LogP contribution in [0.5, 0.6) is 0 Å². The highest BCUT2D eigenvalue weighted by Gasteiger charge is 2.09. The van der Waals surface area contributed by atoms with E-state index >= 15 is 0 Å². The Bertz CT molecular complexity index is 878. The monoisotopic (exact) mass is 321 g/mol. The van der Waals surface area contributed by atoms with Crippen LogP contribution in [0.2, 0.25) is 0 Å². The molecule has 0 unspecified atom stereocenters. The summed E-state index contributed by atoms with van der Waals surface area (Å²) in [6.07, 6.45) is 2.38. The fraction of sp³-hybridized carbons (Fsp3) is 0.150. The first kappa shape index (κ1) is 15.9. The first-order valence-corrected chi connectivity index (χ1v) is 7.89. The Labute approximate surface area is 140 Å². The molecule has 0 saturated carbocycles. The van der Waals surface area contributed by atoms with Crippen molar-refractivity contribution in [3.8, 4) is 0 Å². The van der Waals surface area contributed by atoms with Crippen LogP contribution in [-0.2, 0) is 16.0 Å². The molecule has 4 nitrogen and oxygen atoms in total. The van der Waals surface area contributed by atoms with Crippen molar-refractivity contribution in [2.24, 2.45) is 0 Å². The van der Waals surface area contributed by atoms with Gasteiger partial charge in [0.15, 0.2) is 0 Å². The summed E-state index contributed by atoms with van der Waals surface area (Å²) in [6.45, 7) is 2.09. The third-order valence-corrected chi connectivity index (χ3v) is 3.75. The lowest BCUT2D eigenvalue weighted by Gasteiger charge is -2.03.